The summed E-state index contributed by atoms with van der Waals surface area (Å²) in [6, 6.07) is 6.39. The van der Waals surface area contributed by atoms with Crippen LogP contribution in [0.15, 0.2) is 24.3 Å². The molecule has 2 aromatic rings. The molecule has 6 heteroatoms. The average Bonchev–Trinajstić information content (AvgIpc) is 3.01. The molecule has 1 aromatic carbocycles. The van der Waals surface area contributed by atoms with E-state index in [9.17, 15) is 4.39 Å². The lowest BCUT2D eigenvalue weighted by Crippen LogP contribution is -2.21. The minimum Gasteiger partial charge on any atom is -0.494 e. The number of benzene rings is 1. The molecule has 0 saturated carbocycles. The molecular formula is C15H17FN4O. The van der Waals surface area contributed by atoms with E-state index in [0.717, 1.165) is 25.9 Å². The lowest BCUT2D eigenvalue weighted by molar-refractivity contribution is 0.386. The van der Waals surface area contributed by atoms with Crippen LogP contribution in [0.25, 0.3) is 11.3 Å². The van der Waals surface area contributed by atoms with Crippen LogP contribution in [-0.4, -0.2) is 30.2 Å². The van der Waals surface area contributed by atoms with E-state index in [0.29, 0.717) is 23.0 Å². The standard InChI is InChI=1S/C15H17FN4O/c1-21-13-5-4-10(8-11(13)16)12-9-14(17)19-15(18-12)20-6-2-3-7-20/h4-5,8-9H,2-3,6-7H2,1H3,(H2,17,18,19). The number of anilines is 2. The second kappa shape index (κ2) is 5.55. The van der Waals surface area contributed by atoms with Gasteiger partial charge in [0.1, 0.15) is 5.82 Å². The molecule has 5 nitrogen and oxygen atoms in total. The highest BCUT2D eigenvalue weighted by Gasteiger charge is 2.17. The third-order valence-electron chi connectivity index (χ3n) is 3.57. The number of hydrogen-bond donors (Lipinski definition) is 1. The molecule has 2 heterocycles. The molecule has 1 aromatic heterocycles. The Labute approximate surface area is 122 Å². The number of nitrogens with two attached hydrogens (primary N) is 1. The zero-order chi connectivity index (χ0) is 14.8. The molecule has 110 valence electrons. The molecule has 21 heavy (non-hydrogen) atoms. The first-order chi connectivity index (χ1) is 10.2. The molecule has 3 rings (SSSR count). The zero-order valence-electron chi connectivity index (χ0n) is 11.8. The highest BCUT2D eigenvalue weighted by Crippen LogP contribution is 2.27. The first-order valence-electron chi connectivity index (χ1n) is 6.91. The van der Waals surface area contributed by atoms with Crippen molar-refractivity contribution in [2.45, 2.75) is 12.8 Å². The van der Waals surface area contributed by atoms with Gasteiger partial charge in [-0.05, 0) is 31.0 Å². The third kappa shape index (κ3) is 2.74. The molecular weight excluding hydrogens is 271 g/mol. The first kappa shape index (κ1) is 13.6. The van der Waals surface area contributed by atoms with Crippen LogP contribution in [-0.2, 0) is 0 Å². The molecule has 2 N–H and O–H groups in total. The van der Waals surface area contributed by atoms with E-state index in [-0.39, 0.29) is 5.75 Å². The minimum atomic E-state index is -0.421. The van der Waals surface area contributed by atoms with Gasteiger partial charge in [0, 0.05) is 24.7 Å². The van der Waals surface area contributed by atoms with Crippen LogP contribution in [0.4, 0.5) is 16.2 Å². The van der Waals surface area contributed by atoms with Gasteiger partial charge in [0.2, 0.25) is 5.95 Å². The van der Waals surface area contributed by atoms with Crippen molar-refractivity contribution in [2.24, 2.45) is 0 Å². The normalized spacial score (nSPS) is 14.5. The van der Waals surface area contributed by atoms with Crippen LogP contribution in [0.1, 0.15) is 12.8 Å². The third-order valence-corrected chi connectivity index (χ3v) is 3.57. The van der Waals surface area contributed by atoms with E-state index in [1.807, 2.05) is 0 Å². The molecule has 1 aliphatic heterocycles. The van der Waals surface area contributed by atoms with Gasteiger partial charge < -0.3 is 15.4 Å². The van der Waals surface area contributed by atoms with Crippen molar-refractivity contribution in [3.63, 3.8) is 0 Å². The molecule has 1 aliphatic rings. The van der Waals surface area contributed by atoms with Crippen LogP contribution in [0.2, 0.25) is 0 Å². The number of nitrogens with zero attached hydrogens (tertiary/aromatic N) is 3. The highest BCUT2D eigenvalue weighted by atomic mass is 19.1. The predicted octanol–water partition coefficient (Wildman–Crippen LogP) is 2.47. The van der Waals surface area contributed by atoms with Crippen molar-refractivity contribution in [1.29, 1.82) is 0 Å². The summed E-state index contributed by atoms with van der Waals surface area (Å²) in [5, 5.41) is 0. The van der Waals surface area contributed by atoms with E-state index in [4.69, 9.17) is 10.5 Å². The summed E-state index contributed by atoms with van der Waals surface area (Å²) in [7, 11) is 1.44. The molecule has 0 unspecified atom stereocenters. The van der Waals surface area contributed by atoms with Crippen molar-refractivity contribution in [2.75, 3.05) is 30.8 Å². The van der Waals surface area contributed by atoms with Crippen LogP contribution < -0.4 is 15.4 Å². The van der Waals surface area contributed by atoms with E-state index in [2.05, 4.69) is 14.9 Å². The lowest BCUT2D eigenvalue weighted by atomic mass is 10.1. The number of methoxy groups -OCH3 is 1. The van der Waals surface area contributed by atoms with Gasteiger partial charge in [0.15, 0.2) is 11.6 Å². The Morgan fingerprint density at radius 3 is 2.62 bits per heavy atom. The van der Waals surface area contributed by atoms with E-state index in [1.165, 1.54) is 13.2 Å². The largest absolute Gasteiger partial charge is 0.494 e. The van der Waals surface area contributed by atoms with E-state index >= 15 is 0 Å². The Morgan fingerprint density at radius 2 is 1.95 bits per heavy atom. The summed E-state index contributed by atoms with van der Waals surface area (Å²) in [6.07, 6.45) is 2.26. The zero-order valence-corrected chi connectivity index (χ0v) is 11.8. The number of rotatable bonds is 3. The first-order valence-corrected chi connectivity index (χ1v) is 6.91. The smallest absolute Gasteiger partial charge is 0.227 e. The second-order valence-corrected chi connectivity index (χ2v) is 5.02. The monoisotopic (exact) mass is 288 g/mol. The van der Waals surface area contributed by atoms with Gasteiger partial charge in [-0.3, -0.25) is 0 Å². The van der Waals surface area contributed by atoms with Crippen LogP contribution in [0, 0.1) is 5.82 Å². The fraction of sp³-hybridized carbons (Fsp3) is 0.333. The number of aromatic nitrogens is 2. The lowest BCUT2D eigenvalue weighted by Gasteiger charge is -2.16. The topological polar surface area (TPSA) is 64.3 Å². The molecule has 0 aliphatic carbocycles. The molecule has 1 saturated heterocycles. The van der Waals surface area contributed by atoms with Crippen molar-refractivity contribution >= 4 is 11.8 Å². The molecule has 0 spiro atoms. The number of ether oxygens (including phenoxy) is 1. The number of halogens is 1. The second-order valence-electron chi connectivity index (χ2n) is 5.02. The highest BCUT2D eigenvalue weighted by molar-refractivity contribution is 5.64. The fourth-order valence-corrected chi connectivity index (χ4v) is 2.48. The van der Waals surface area contributed by atoms with Gasteiger partial charge >= 0.3 is 0 Å². The summed E-state index contributed by atoms with van der Waals surface area (Å²) in [5.74, 6) is 0.785. The van der Waals surface area contributed by atoms with Gasteiger partial charge in [-0.15, -0.1) is 0 Å². The maximum absolute atomic E-state index is 13.8. The number of hydrogen-bond acceptors (Lipinski definition) is 5. The van der Waals surface area contributed by atoms with Gasteiger partial charge in [0.25, 0.3) is 0 Å². The summed E-state index contributed by atoms with van der Waals surface area (Å²) >= 11 is 0. The summed E-state index contributed by atoms with van der Waals surface area (Å²) in [6.45, 7) is 1.86. The van der Waals surface area contributed by atoms with Crippen molar-refractivity contribution in [1.82, 2.24) is 9.97 Å². The molecule has 0 amide bonds. The van der Waals surface area contributed by atoms with Crippen molar-refractivity contribution in [3.8, 4) is 17.0 Å². The molecule has 0 bridgehead atoms. The summed E-state index contributed by atoms with van der Waals surface area (Å²) < 4.78 is 18.8. The predicted molar refractivity (Wildman–Crippen MR) is 79.8 cm³/mol. The van der Waals surface area contributed by atoms with Crippen LogP contribution >= 0.6 is 0 Å². The summed E-state index contributed by atoms with van der Waals surface area (Å²) in [5.41, 5.74) is 7.13. The van der Waals surface area contributed by atoms with E-state index < -0.39 is 5.82 Å². The Bertz CT molecular complexity index is 656. The Balaban J connectivity index is 1.99. The minimum absolute atomic E-state index is 0.209. The maximum Gasteiger partial charge on any atom is 0.227 e. The maximum atomic E-state index is 13.8. The molecule has 0 radical (unpaired) electrons. The quantitative estimate of drug-likeness (QED) is 0.940. The number of nitrogen functional groups attached to an aromatic ring is 1. The SMILES string of the molecule is COc1ccc(-c2cc(N)nc(N3CCCC3)n2)cc1F. The van der Waals surface area contributed by atoms with Crippen LogP contribution in [0.5, 0.6) is 5.75 Å². The van der Waals surface area contributed by atoms with Gasteiger partial charge in [-0.25, -0.2) is 9.37 Å². The van der Waals surface area contributed by atoms with Crippen LogP contribution in [0.3, 0.4) is 0 Å². The Morgan fingerprint density at radius 1 is 1.19 bits per heavy atom. The van der Waals surface area contributed by atoms with Crippen molar-refractivity contribution < 1.29 is 9.13 Å². The molecule has 0 atom stereocenters. The molecule has 1 fully saturated rings. The Hall–Kier alpha value is -2.37. The van der Waals surface area contributed by atoms with Gasteiger partial charge in [-0.1, -0.05) is 0 Å². The van der Waals surface area contributed by atoms with Gasteiger partial charge in [-0.2, -0.15) is 4.98 Å². The van der Waals surface area contributed by atoms with Gasteiger partial charge in [0.05, 0.1) is 12.8 Å². The average molecular weight is 288 g/mol. The van der Waals surface area contributed by atoms with Crippen molar-refractivity contribution in [3.05, 3.63) is 30.1 Å². The Kier molecular flexibility index (Phi) is 3.60. The summed E-state index contributed by atoms with van der Waals surface area (Å²) in [4.78, 5) is 10.9. The fourth-order valence-electron chi connectivity index (χ4n) is 2.48. The van der Waals surface area contributed by atoms with E-state index in [1.54, 1.807) is 18.2 Å².